The highest BCUT2D eigenvalue weighted by atomic mass is 127. The molecule has 1 saturated heterocycles. The summed E-state index contributed by atoms with van der Waals surface area (Å²) < 4.78 is 7.82. The molecule has 23 heavy (non-hydrogen) atoms. The van der Waals surface area contributed by atoms with Crippen molar-refractivity contribution in [2.75, 3.05) is 32.6 Å². The van der Waals surface area contributed by atoms with Gasteiger partial charge in [-0.15, -0.1) is 24.0 Å². The molecule has 1 aromatic rings. The first-order chi connectivity index (χ1) is 10.7. The standard InChI is InChI=1S/C16H28N4OS.HI/c1-4-17-15(18-11-14-5-8-20(2)12-14)19-13-16(22-3)6-9-21-10-7-16;/h5,8,12H,4,6-7,9-11,13H2,1-3H3,(H2,17,18,19);1H. The number of thioether (sulfide) groups is 1. The molecule has 5 nitrogen and oxygen atoms in total. The van der Waals surface area contributed by atoms with Crippen molar-refractivity contribution in [2.45, 2.75) is 31.1 Å². The van der Waals surface area contributed by atoms with Crippen molar-refractivity contribution < 1.29 is 4.74 Å². The highest BCUT2D eigenvalue weighted by Crippen LogP contribution is 2.32. The molecule has 132 valence electrons. The molecule has 0 saturated carbocycles. The average molecular weight is 452 g/mol. The number of halogens is 1. The molecule has 0 aliphatic carbocycles. The Bertz CT molecular complexity index is 486. The van der Waals surface area contributed by atoms with Crippen molar-refractivity contribution in [3.05, 3.63) is 24.0 Å². The van der Waals surface area contributed by atoms with Crippen LogP contribution in [0, 0.1) is 0 Å². The van der Waals surface area contributed by atoms with E-state index in [2.05, 4.69) is 51.8 Å². The third-order valence-electron chi connectivity index (χ3n) is 4.07. The highest BCUT2D eigenvalue weighted by Gasteiger charge is 2.31. The van der Waals surface area contributed by atoms with Crippen molar-refractivity contribution >= 4 is 41.7 Å². The number of nitrogens with zero attached hydrogens (tertiary/aromatic N) is 2. The zero-order valence-corrected chi connectivity index (χ0v) is 17.4. The summed E-state index contributed by atoms with van der Waals surface area (Å²) in [6.45, 7) is 6.32. The van der Waals surface area contributed by atoms with Crippen molar-refractivity contribution in [3.63, 3.8) is 0 Å². The second kappa shape index (κ2) is 10.5. The third kappa shape index (κ3) is 6.54. The molecule has 0 unspecified atom stereocenters. The zero-order valence-electron chi connectivity index (χ0n) is 14.3. The molecular weight excluding hydrogens is 423 g/mol. The summed E-state index contributed by atoms with van der Waals surface area (Å²) in [4.78, 5) is 4.69. The lowest BCUT2D eigenvalue weighted by atomic mass is 9.99. The Morgan fingerprint density at radius 2 is 2.13 bits per heavy atom. The number of guanidine groups is 1. The van der Waals surface area contributed by atoms with Crippen LogP contribution < -0.4 is 10.6 Å². The van der Waals surface area contributed by atoms with E-state index in [1.165, 1.54) is 5.56 Å². The molecule has 0 aromatic carbocycles. The fourth-order valence-corrected chi connectivity index (χ4v) is 3.40. The fourth-order valence-electron chi connectivity index (χ4n) is 2.61. The van der Waals surface area contributed by atoms with Crippen LogP contribution in [0.3, 0.4) is 0 Å². The SMILES string of the molecule is CCNC(=NCc1ccn(C)c1)NCC1(SC)CCOCC1.I. The van der Waals surface area contributed by atoms with Gasteiger partial charge >= 0.3 is 0 Å². The zero-order chi connectivity index (χ0) is 15.8. The first kappa shape index (κ1) is 20.6. The van der Waals surface area contributed by atoms with Gasteiger partial charge in [0.25, 0.3) is 0 Å². The largest absolute Gasteiger partial charge is 0.381 e. The molecule has 2 N–H and O–H groups in total. The predicted molar refractivity (Wildman–Crippen MR) is 110 cm³/mol. The van der Waals surface area contributed by atoms with Crippen LogP contribution >= 0.6 is 35.7 Å². The third-order valence-corrected chi connectivity index (χ3v) is 5.49. The van der Waals surface area contributed by atoms with E-state index >= 15 is 0 Å². The molecule has 1 aliphatic heterocycles. The lowest BCUT2D eigenvalue weighted by Crippen LogP contribution is -2.47. The Balaban J connectivity index is 0.00000264. The monoisotopic (exact) mass is 452 g/mol. The first-order valence-corrected chi connectivity index (χ1v) is 9.16. The summed E-state index contributed by atoms with van der Waals surface area (Å²) in [6, 6.07) is 2.11. The van der Waals surface area contributed by atoms with E-state index in [0.29, 0.717) is 6.54 Å². The molecule has 0 spiro atoms. The number of ether oxygens (including phenoxy) is 1. The maximum atomic E-state index is 5.50. The number of aromatic nitrogens is 1. The lowest BCUT2D eigenvalue weighted by Gasteiger charge is -2.36. The fraction of sp³-hybridized carbons (Fsp3) is 0.688. The summed E-state index contributed by atoms with van der Waals surface area (Å²) in [6.07, 6.45) is 8.55. The van der Waals surface area contributed by atoms with Gasteiger partial charge < -0.3 is 19.9 Å². The number of aryl methyl sites for hydroxylation is 1. The van der Waals surface area contributed by atoms with Gasteiger partial charge in [0.05, 0.1) is 6.54 Å². The molecular formula is C16H29IN4OS. The van der Waals surface area contributed by atoms with Crippen LogP contribution in [-0.2, 0) is 18.3 Å². The molecule has 0 radical (unpaired) electrons. The van der Waals surface area contributed by atoms with Crippen LogP contribution in [0.15, 0.2) is 23.5 Å². The molecule has 0 amide bonds. The molecule has 1 aliphatic rings. The topological polar surface area (TPSA) is 50.6 Å². The van der Waals surface area contributed by atoms with Crippen LogP contribution in [0.4, 0.5) is 0 Å². The maximum Gasteiger partial charge on any atom is 0.191 e. The normalized spacial score (nSPS) is 17.4. The second-order valence-corrected chi connectivity index (χ2v) is 7.01. The van der Waals surface area contributed by atoms with Crippen LogP contribution in [-0.4, -0.2) is 47.8 Å². The van der Waals surface area contributed by atoms with Crippen LogP contribution in [0.5, 0.6) is 0 Å². The highest BCUT2D eigenvalue weighted by molar-refractivity contribution is 14.0. The van der Waals surface area contributed by atoms with E-state index in [1.54, 1.807) is 0 Å². The summed E-state index contributed by atoms with van der Waals surface area (Å²) >= 11 is 1.94. The van der Waals surface area contributed by atoms with Crippen molar-refractivity contribution in [3.8, 4) is 0 Å². The minimum absolute atomic E-state index is 0. The second-order valence-electron chi connectivity index (χ2n) is 5.73. The summed E-state index contributed by atoms with van der Waals surface area (Å²) in [5, 5.41) is 6.85. The van der Waals surface area contributed by atoms with Crippen molar-refractivity contribution in [2.24, 2.45) is 12.0 Å². The molecule has 1 aromatic heterocycles. The molecule has 7 heteroatoms. The van der Waals surface area contributed by atoms with Gasteiger partial charge in [0.15, 0.2) is 5.96 Å². The Hall–Kier alpha value is -0.410. The Morgan fingerprint density at radius 3 is 2.70 bits per heavy atom. The molecule has 0 atom stereocenters. The van der Waals surface area contributed by atoms with E-state index in [9.17, 15) is 0 Å². The van der Waals surface area contributed by atoms with Gasteiger partial charge in [-0.3, -0.25) is 0 Å². The summed E-state index contributed by atoms with van der Waals surface area (Å²) in [5.74, 6) is 0.895. The molecule has 1 fully saturated rings. The number of nitrogens with one attached hydrogen (secondary N) is 2. The Morgan fingerprint density at radius 1 is 1.39 bits per heavy atom. The van der Waals surface area contributed by atoms with Gasteiger partial charge in [0, 0.05) is 50.5 Å². The molecule has 0 bridgehead atoms. The quantitative estimate of drug-likeness (QED) is 0.396. The number of hydrogen-bond acceptors (Lipinski definition) is 3. The number of hydrogen-bond donors (Lipinski definition) is 2. The van der Waals surface area contributed by atoms with Gasteiger partial charge in [0.1, 0.15) is 0 Å². The minimum atomic E-state index is 0. The smallest absolute Gasteiger partial charge is 0.191 e. The van der Waals surface area contributed by atoms with E-state index in [-0.39, 0.29) is 28.7 Å². The minimum Gasteiger partial charge on any atom is -0.381 e. The van der Waals surface area contributed by atoms with E-state index in [1.807, 2.05) is 18.8 Å². The maximum absolute atomic E-state index is 5.50. The first-order valence-electron chi connectivity index (χ1n) is 7.93. The van der Waals surface area contributed by atoms with Crippen molar-refractivity contribution in [1.82, 2.24) is 15.2 Å². The Labute approximate surface area is 161 Å². The van der Waals surface area contributed by atoms with Gasteiger partial charge in [-0.2, -0.15) is 11.8 Å². The van der Waals surface area contributed by atoms with Gasteiger partial charge in [0.2, 0.25) is 0 Å². The van der Waals surface area contributed by atoms with E-state index in [4.69, 9.17) is 4.74 Å². The van der Waals surface area contributed by atoms with Crippen LogP contribution in [0.2, 0.25) is 0 Å². The summed E-state index contributed by atoms with van der Waals surface area (Å²) in [5.41, 5.74) is 1.23. The summed E-state index contributed by atoms with van der Waals surface area (Å²) in [7, 11) is 2.03. The number of aliphatic imine (C=N–C) groups is 1. The lowest BCUT2D eigenvalue weighted by molar-refractivity contribution is 0.0783. The van der Waals surface area contributed by atoms with Gasteiger partial charge in [-0.05, 0) is 37.7 Å². The predicted octanol–water partition coefficient (Wildman–Crippen LogP) is 2.61. The van der Waals surface area contributed by atoms with Gasteiger partial charge in [-0.25, -0.2) is 4.99 Å². The molecule has 2 rings (SSSR count). The van der Waals surface area contributed by atoms with Crippen molar-refractivity contribution in [1.29, 1.82) is 0 Å². The Kier molecular flexibility index (Phi) is 9.38. The van der Waals surface area contributed by atoms with E-state index < -0.39 is 0 Å². The number of rotatable bonds is 6. The van der Waals surface area contributed by atoms with Crippen LogP contribution in [0.25, 0.3) is 0 Å². The molecule has 2 heterocycles. The van der Waals surface area contributed by atoms with Gasteiger partial charge in [-0.1, -0.05) is 0 Å². The van der Waals surface area contributed by atoms with Crippen LogP contribution in [0.1, 0.15) is 25.3 Å². The average Bonchev–Trinajstić information content (AvgIpc) is 2.96. The van der Waals surface area contributed by atoms with E-state index in [0.717, 1.165) is 45.1 Å².